The van der Waals surface area contributed by atoms with E-state index in [0.29, 0.717) is 31.0 Å². The fraction of sp³-hybridized carbons (Fsp3) is 0.286. The van der Waals surface area contributed by atoms with Gasteiger partial charge in [-0.2, -0.15) is 0 Å². The van der Waals surface area contributed by atoms with Gasteiger partial charge in [0.2, 0.25) is 0 Å². The Kier molecular flexibility index (Phi) is 5.51. The highest BCUT2D eigenvalue weighted by Crippen LogP contribution is 2.21. The van der Waals surface area contributed by atoms with Gasteiger partial charge in [0.05, 0.1) is 0 Å². The summed E-state index contributed by atoms with van der Waals surface area (Å²) in [5.41, 5.74) is 9.61. The Hall–Kier alpha value is -2.59. The average molecular weight is 336 g/mol. The molecule has 0 saturated heterocycles. The second-order valence-electron chi connectivity index (χ2n) is 6.37. The molecule has 4 nitrogen and oxygen atoms in total. The summed E-state index contributed by atoms with van der Waals surface area (Å²) in [4.78, 5) is 14.8. The molecule has 0 radical (unpaired) electrons. The molecule has 2 aromatic rings. The van der Waals surface area contributed by atoms with Crippen LogP contribution in [0.4, 0.5) is 0 Å². The van der Waals surface area contributed by atoms with E-state index in [-0.39, 0.29) is 5.91 Å². The third kappa shape index (κ3) is 4.28. The monoisotopic (exact) mass is 336 g/mol. The Bertz CT molecular complexity index is 753. The van der Waals surface area contributed by atoms with E-state index in [1.807, 2.05) is 35.2 Å². The van der Waals surface area contributed by atoms with Crippen molar-refractivity contribution in [3.05, 3.63) is 77.4 Å². The number of nitrogens with zero attached hydrogens (tertiary/aromatic N) is 1. The molecule has 1 aliphatic rings. The molecule has 0 unspecified atom stereocenters. The molecule has 0 bridgehead atoms. The van der Waals surface area contributed by atoms with E-state index in [2.05, 4.69) is 24.8 Å². The second-order valence-corrected chi connectivity index (χ2v) is 6.37. The molecule has 0 saturated carbocycles. The highest BCUT2D eigenvalue weighted by atomic mass is 16.5. The van der Waals surface area contributed by atoms with Gasteiger partial charge in [0, 0.05) is 25.2 Å². The minimum atomic E-state index is 0.0645. The third-order valence-corrected chi connectivity index (χ3v) is 4.47. The van der Waals surface area contributed by atoms with Crippen molar-refractivity contribution in [3.63, 3.8) is 0 Å². The zero-order valence-electron chi connectivity index (χ0n) is 14.4. The van der Waals surface area contributed by atoms with E-state index in [4.69, 9.17) is 10.5 Å². The molecule has 4 heteroatoms. The van der Waals surface area contributed by atoms with E-state index in [9.17, 15) is 4.79 Å². The van der Waals surface area contributed by atoms with Crippen LogP contribution in [0.3, 0.4) is 0 Å². The smallest absolute Gasteiger partial charge is 0.254 e. The van der Waals surface area contributed by atoms with Gasteiger partial charge in [0.15, 0.2) is 0 Å². The van der Waals surface area contributed by atoms with Crippen LogP contribution in [-0.2, 0) is 13.0 Å². The molecule has 0 aromatic heterocycles. The molecule has 0 aliphatic carbocycles. The summed E-state index contributed by atoms with van der Waals surface area (Å²) in [5.74, 6) is 0.780. The van der Waals surface area contributed by atoms with E-state index in [0.717, 1.165) is 25.0 Å². The van der Waals surface area contributed by atoms with Crippen LogP contribution in [0.5, 0.6) is 5.75 Å². The van der Waals surface area contributed by atoms with Gasteiger partial charge in [-0.15, -0.1) is 0 Å². The lowest BCUT2D eigenvalue weighted by Crippen LogP contribution is -2.30. The maximum atomic E-state index is 12.8. The van der Waals surface area contributed by atoms with Crippen LogP contribution in [0, 0.1) is 0 Å². The van der Waals surface area contributed by atoms with Gasteiger partial charge in [0.25, 0.3) is 5.91 Å². The highest BCUT2D eigenvalue weighted by Gasteiger charge is 2.20. The number of benzene rings is 2. The van der Waals surface area contributed by atoms with Crippen molar-refractivity contribution in [2.24, 2.45) is 5.73 Å². The summed E-state index contributed by atoms with van der Waals surface area (Å²) in [7, 11) is 0. The number of amides is 1. The average Bonchev–Trinajstić information content (AvgIpc) is 2.88. The molecular weight excluding hydrogens is 312 g/mol. The lowest BCUT2D eigenvalue weighted by atomic mass is 10.0. The van der Waals surface area contributed by atoms with E-state index in [1.54, 1.807) is 0 Å². The molecule has 3 rings (SSSR count). The Morgan fingerprint density at radius 2 is 1.84 bits per heavy atom. The fourth-order valence-corrected chi connectivity index (χ4v) is 2.99. The van der Waals surface area contributed by atoms with Crippen molar-refractivity contribution >= 4 is 5.91 Å². The van der Waals surface area contributed by atoms with Gasteiger partial charge in [0.1, 0.15) is 12.4 Å². The summed E-state index contributed by atoms with van der Waals surface area (Å²) in [6.45, 7) is 6.07. The minimum Gasteiger partial charge on any atom is -0.489 e. The number of nitrogens with two attached hydrogens (primary N) is 1. The van der Waals surface area contributed by atoms with Gasteiger partial charge in [-0.1, -0.05) is 30.8 Å². The Balaban J connectivity index is 1.67. The first-order valence-corrected chi connectivity index (χ1v) is 8.63. The standard InChI is InChI=1S/C21H24N2O2/c1-16(13-22)15-25-20-10-8-18(9-11-20)21(24)23-12-4-7-17-5-2-3-6-19(17)14-23/h2-3,5-6,8-11H,1,4,7,12-15,22H2. The molecule has 1 aliphatic heterocycles. The molecule has 1 heterocycles. The third-order valence-electron chi connectivity index (χ3n) is 4.47. The van der Waals surface area contributed by atoms with Gasteiger partial charge >= 0.3 is 0 Å². The van der Waals surface area contributed by atoms with Crippen LogP contribution in [0.1, 0.15) is 27.9 Å². The van der Waals surface area contributed by atoms with Gasteiger partial charge in [-0.05, 0) is 53.8 Å². The van der Waals surface area contributed by atoms with Crippen LogP contribution in [0.2, 0.25) is 0 Å². The first-order chi connectivity index (χ1) is 12.2. The molecule has 1 amide bonds. The summed E-state index contributed by atoms with van der Waals surface area (Å²) in [6.07, 6.45) is 2.02. The molecule has 0 fully saturated rings. The summed E-state index contributed by atoms with van der Waals surface area (Å²) in [5, 5.41) is 0. The van der Waals surface area contributed by atoms with Gasteiger partial charge in [-0.25, -0.2) is 0 Å². The Morgan fingerprint density at radius 3 is 2.56 bits per heavy atom. The lowest BCUT2D eigenvalue weighted by Gasteiger charge is -2.21. The summed E-state index contributed by atoms with van der Waals surface area (Å²) < 4.78 is 5.60. The van der Waals surface area contributed by atoms with Crippen molar-refractivity contribution in [2.75, 3.05) is 19.7 Å². The quantitative estimate of drug-likeness (QED) is 0.853. The molecule has 2 aromatic carbocycles. The van der Waals surface area contributed by atoms with Crippen molar-refractivity contribution in [2.45, 2.75) is 19.4 Å². The number of carbonyl (C=O) groups is 1. The minimum absolute atomic E-state index is 0.0645. The van der Waals surface area contributed by atoms with Crippen molar-refractivity contribution in [1.82, 2.24) is 4.90 Å². The predicted molar refractivity (Wildman–Crippen MR) is 99.6 cm³/mol. The second kappa shape index (κ2) is 7.99. The number of rotatable bonds is 5. The number of fused-ring (bicyclic) bond motifs is 1. The van der Waals surface area contributed by atoms with Gasteiger partial charge < -0.3 is 15.4 Å². The first kappa shape index (κ1) is 17.2. The number of hydrogen-bond acceptors (Lipinski definition) is 3. The molecule has 25 heavy (non-hydrogen) atoms. The fourth-order valence-electron chi connectivity index (χ4n) is 2.99. The molecule has 2 N–H and O–H groups in total. The predicted octanol–water partition coefficient (Wildman–Crippen LogP) is 3.17. The van der Waals surface area contributed by atoms with Crippen LogP contribution < -0.4 is 10.5 Å². The van der Waals surface area contributed by atoms with Crippen molar-refractivity contribution < 1.29 is 9.53 Å². The maximum Gasteiger partial charge on any atom is 0.254 e. The van der Waals surface area contributed by atoms with E-state index < -0.39 is 0 Å². The van der Waals surface area contributed by atoms with E-state index in [1.165, 1.54) is 11.1 Å². The maximum absolute atomic E-state index is 12.8. The first-order valence-electron chi connectivity index (χ1n) is 8.63. The zero-order valence-corrected chi connectivity index (χ0v) is 14.4. The zero-order chi connectivity index (χ0) is 17.6. The van der Waals surface area contributed by atoms with Crippen LogP contribution in [0.25, 0.3) is 0 Å². The molecule has 0 atom stereocenters. The number of ether oxygens (including phenoxy) is 1. The van der Waals surface area contributed by atoms with Crippen LogP contribution in [-0.4, -0.2) is 30.5 Å². The Morgan fingerprint density at radius 1 is 1.12 bits per heavy atom. The number of aryl methyl sites for hydroxylation is 1. The molecule has 0 spiro atoms. The summed E-state index contributed by atoms with van der Waals surface area (Å²) >= 11 is 0. The largest absolute Gasteiger partial charge is 0.489 e. The van der Waals surface area contributed by atoms with Crippen molar-refractivity contribution in [1.29, 1.82) is 0 Å². The normalized spacial score (nSPS) is 13.7. The van der Waals surface area contributed by atoms with Gasteiger partial charge in [-0.3, -0.25) is 4.79 Å². The number of hydrogen-bond donors (Lipinski definition) is 1. The summed E-state index contributed by atoms with van der Waals surface area (Å²) in [6, 6.07) is 15.7. The molecular formula is C21H24N2O2. The Labute approximate surface area is 148 Å². The lowest BCUT2D eigenvalue weighted by molar-refractivity contribution is 0.0746. The van der Waals surface area contributed by atoms with E-state index >= 15 is 0 Å². The van der Waals surface area contributed by atoms with Crippen LogP contribution in [0.15, 0.2) is 60.7 Å². The number of carbonyl (C=O) groups excluding carboxylic acids is 1. The SMILES string of the molecule is C=C(CN)COc1ccc(C(=O)N2CCCc3ccccc3C2)cc1. The topological polar surface area (TPSA) is 55.6 Å². The van der Waals surface area contributed by atoms with Crippen LogP contribution >= 0.6 is 0 Å². The van der Waals surface area contributed by atoms with Crippen molar-refractivity contribution in [3.8, 4) is 5.75 Å². The molecule has 130 valence electrons. The highest BCUT2D eigenvalue weighted by molar-refractivity contribution is 5.94.